The van der Waals surface area contributed by atoms with Gasteiger partial charge in [-0.15, -0.1) is 0 Å². The molecular weight excluding hydrogens is 180 g/mol. The molecule has 0 aliphatic heterocycles. The third-order valence-electron chi connectivity index (χ3n) is 3.33. The zero-order chi connectivity index (χ0) is 11.0. The molecule has 1 aliphatic carbocycles. The summed E-state index contributed by atoms with van der Waals surface area (Å²) in [6.07, 6.45) is 2.59. The van der Waals surface area contributed by atoms with Crippen LogP contribution < -0.4 is 0 Å². The van der Waals surface area contributed by atoms with Gasteiger partial charge in [0.25, 0.3) is 0 Å². The number of Topliss-reactive ketones (excluding diaryl/α,β-unsaturated/α-hetero) is 1. The third-order valence-corrected chi connectivity index (χ3v) is 3.33. The van der Waals surface area contributed by atoms with E-state index in [1.54, 1.807) is 0 Å². The summed E-state index contributed by atoms with van der Waals surface area (Å²) in [6, 6.07) is 0. The van der Waals surface area contributed by atoms with Gasteiger partial charge in [-0.1, -0.05) is 27.2 Å². The van der Waals surface area contributed by atoms with Gasteiger partial charge in [0, 0.05) is 6.42 Å². The number of carbonyl (C=O) groups excluding carboxylic acids is 1. The molecule has 0 aromatic heterocycles. The van der Waals surface area contributed by atoms with Gasteiger partial charge in [-0.05, 0) is 18.3 Å². The van der Waals surface area contributed by atoms with E-state index in [0.29, 0.717) is 12.8 Å². The summed E-state index contributed by atoms with van der Waals surface area (Å²) < 4.78 is 0. The molecule has 0 heterocycles. The first-order chi connectivity index (χ1) is 6.32. The standard InChI is InChI=1S/C11H18O3/c1-10(2,3)11(9(13)14)7-5-4-6-8(11)12/h4-7H2,1-3H3,(H,13,14). The second-order valence-electron chi connectivity index (χ2n) is 5.09. The minimum absolute atomic E-state index is 0.0937. The number of rotatable bonds is 1. The lowest BCUT2D eigenvalue weighted by Crippen LogP contribution is -2.50. The molecule has 1 unspecified atom stereocenters. The summed E-state index contributed by atoms with van der Waals surface area (Å²) in [5.74, 6) is -1.04. The molecule has 80 valence electrons. The maximum Gasteiger partial charge on any atom is 0.317 e. The molecule has 0 spiro atoms. The molecule has 3 heteroatoms. The minimum atomic E-state index is -1.15. The summed E-state index contributed by atoms with van der Waals surface area (Å²) in [4.78, 5) is 23.1. The van der Waals surface area contributed by atoms with Crippen molar-refractivity contribution < 1.29 is 14.7 Å². The van der Waals surface area contributed by atoms with E-state index < -0.39 is 16.8 Å². The Labute approximate surface area is 84.5 Å². The predicted octanol–water partition coefficient (Wildman–Crippen LogP) is 2.25. The fraction of sp³-hybridized carbons (Fsp3) is 0.818. The van der Waals surface area contributed by atoms with E-state index >= 15 is 0 Å². The van der Waals surface area contributed by atoms with Crippen LogP contribution in [0.2, 0.25) is 0 Å². The maximum absolute atomic E-state index is 11.8. The van der Waals surface area contributed by atoms with Crippen molar-refractivity contribution in [1.82, 2.24) is 0 Å². The molecule has 0 radical (unpaired) electrons. The van der Waals surface area contributed by atoms with E-state index in [2.05, 4.69) is 0 Å². The minimum Gasteiger partial charge on any atom is -0.480 e. The Morgan fingerprint density at radius 3 is 2.21 bits per heavy atom. The number of ketones is 1. The monoisotopic (exact) mass is 198 g/mol. The molecule has 3 nitrogen and oxygen atoms in total. The second kappa shape index (κ2) is 3.37. The van der Waals surface area contributed by atoms with Crippen LogP contribution in [0.15, 0.2) is 0 Å². The van der Waals surface area contributed by atoms with Crippen molar-refractivity contribution in [1.29, 1.82) is 0 Å². The van der Waals surface area contributed by atoms with Crippen LogP contribution in [0.5, 0.6) is 0 Å². The van der Waals surface area contributed by atoms with E-state index in [1.807, 2.05) is 20.8 Å². The molecule has 14 heavy (non-hydrogen) atoms. The van der Waals surface area contributed by atoms with E-state index in [1.165, 1.54) is 0 Å². The highest BCUT2D eigenvalue weighted by atomic mass is 16.4. The Bertz CT molecular complexity index is 262. The maximum atomic E-state index is 11.8. The van der Waals surface area contributed by atoms with Gasteiger partial charge < -0.3 is 5.11 Å². The van der Waals surface area contributed by atoms with Crippen molar-refractivity contribution in [3.05, 3.63) is 0 Å². The molecule has 0 aromatic rings. The van der Waals surface area contributed by atoms with Gasteiger partial charge in [-0.3, -0.25) is 9.59 Å². The van der Waals surface area contributed by atoms with E-state index in [4.69, 9.17) is 0 Å². The van der Waals surface area contributed by atoms with Gasteiger partial charge in [0.2, 0.25) is 0 Å². The van der Waals surface area contributed by atoms with Crippen LogP contribution in [0.4, 0.5) is 0 Å². The fourth-order valence-corrected chi connectivity index (χ4v) is 2.37. The number of hydrogen-bond donors (Lipinski definition) is 1. The van der Waals surface area contributed by atoms with Crippen molar-refractivity contribution in [2.45, 2.75) is 46.5 Å². The molecule has 1 rings (SSSR count). The molecule has 0 saturated heterocycles. The summed E-state index contributed by atoms with van der Waals surface area (Å²) in [5.41, 5.74) is -1.64. The Hall–Kier alpha value is -0.860. The smallest absolute Gasteiger partial charge is 0.317 e. The van der Waals surface area contributed by atoms with Gasteiger partial charge >= 0.3 is 5.97 Å². The van der Waals surface area contributed by atoms with Crippen LogP contribution in [0, 0.1) is 10.8 Å². The molecule has 1 saturated carbocycles. The molecule has 1 fully saturated rings. The van der Waals surface area contributed by atoms with Crippen molar-refractivity contribution >= 4 is 11.8 Å². The SMILES string of the molecule is CC(C)(C)C1(C(=O)O)CCCCC1=O. The first-order valence-corrected chi connectivity index (χ1v) is 5.09. The normalized spacial score (nSPS) is 28.9. The Balaban J connectivity index is 3.15. The molecule has 0 amide bonds. The van der Waals surface area contributed by atoms with Crippen LogP contribution >= 0.6 is 0 Å². The van der Waals surface area contributed by atoms with Gasteiger partial charge in [-0.2, -0.15) is 0 Å². The van der Waals surface area contributed by atoms with Crippen molar-refractivity contribution in [3.8, 4) is 0 Å². The van der Waals surface area contributed by atoms with Crippen molar-refractivity contribution in [2.24, 2.45) is 10.8 Å². The molecule has 1 N–H and O–H groups in total. The van der Waals surface area contributed by atoms with Crippen molar-refractivity contribution in [3.63, 3.8) is 0 Å². The van der Waals surface area contributed by atoms with Crippen LogP contribution in [0.1, 0.15) is 46.5 Å². The number of carboxylic acids is 1. The van der Waals surface area contributed by atoms with Crippen LogP contribution in [0.3, 0.4) is 0 Å². The second-order valence-corrected chi connectivity index (χ2v) is 5.09. The summed E-state index contributed by atoms with van der Waals surface area (Å²) >= 11 is 0. The number of hydrogen-bond acceptors (Lipinski definition) is 2. The quantitative estimate of drug-likeness (QED) is 0.657. The Morgan fingerprint density at radius 2 is 1.93 bits per heavy atom. The van der Waals surface area contributed by atoms with Gasteiger partial charge in [-0.25, -0.2) is 0 Å². The summed E-state index contributed by atoms with van der Waals surface area (Å²) in [5, 5.41) is 9.27. The first kappa shape index (κ1) is 11.2. The largest absolute Gasteiger partial charge is 0.480 e. The molecule has 1 aliphatic rings. The van der Waals surface area contributed by atoms with Gasteiger partial charge in [0.1, 0.15) is 5.41 Å². The lowest BCUT2D eigenvalue weighted by atomic mass is 9.58. The highest BCUT2D eigenvalue weighted by molar-refractivity contribution is 6.04. The number of carbonyl (C=O) groups is 2. The molecule has 0 bridgehead atoms. The predicted molar refractivity (Wildman–Crippen MR) is 53.0 cm³/mol. The Morgan fingerprint density at radius 1 is 1.36 bits per heavy atom. The van der Waals surface area contributed by atoms with Crippen LogP contribution in [0.25, 0.3) is 0 Å². The molecule has 0 aromatic carbocycles. The van der Waals surface area contributed by atoms with Crippen LogP contribution in [-0.4, -0.2) is 16.9 Å². The Kier molecular flexibility index (Phi) is 2.70. The lowest BCUT2D eigenvalue weighted by molar-refractivity contribution is -0.165. The third kappa shape index (κ3) is 1.45. The van der Waals surface area contributed by atoms with E-state index in [-0.39, 0.29) is 5.78 Å². The van der Waals surface area contributed by atoms with Crippen molar-refractivity contribution in [2.75, 3.05) is 0 Å². The highest BCUT2D eigenvalue weighted by Crippen LogP contribution is 2.47. The summed E-state index contributed by atoms with van der Waals surface area (Å²) in [6.45, 7) is 5.51. The topological polar surface area (TPSA) is 54.4 Å². The van der Waals surface area contributed by atoms with E-state index in [9.17, 15) is 14.7 Å². The lowest BCUT2D eigenvalue weighted by Gasteiger charge is -2.42. The molecule has 1 atom stereocenters. The zero-order valence-corrected chi connectivity index (χ0v) is 9.09. The fourth-order valence-electron chi connectivity index (χ4n) is 2.37. The first-order valence-electron chi connectivity index (χ1n) is 5.09. The highest BCUT2D eigenvalue weighted by Gasteiger charge is 2.54. The average Bonchev–Trinajstić information content (AvgIpc) is 2.02. The average molecular weight is 198 g/mol. The molecular formula is C11H18O3. The summed E-state index contributed by atoms with van der Waals surface area (Å²) in [7, 11) is 0. The van der Waals surface area contributed by atoms with E-state index in [0.717, 1.165) is 12.8 Å². The van der Waals surface area contributed by atoms with Crippen LogP contribution in [-0.2, 0) is 9.59 Å². The zero-order valence-electron chi connectivity index (χ0n) is 9.09. The number of carboxylic acid groups (broad SMARTS) is 1. The number of aliphatic carboxylic acids is 1. The van der Waals surface area contributed by atoms with Gasteiger partial charge in [0.05, 0.1) is 0 Å². The van der Waals surface area contributed by atoms with Gasteiger partial charge in [0.15, 0.2) is 5.78 Å².